The van der Waals surface area contributed by atoms with Gasteiger partial charge in [0.1, 0.15) is 0 Å². The number of rotatable bonds is 3. The zero-order valence-corrected chi connectivity index (χ0v) is 10.7. The molecule has 0 aliphatic rings. The Morgan fingerprint density at radius 2 is 2.07 bits per heavy atom. The molecule has 0 bridgehead atoms. The van der Waals surface area contributed by atoms with Gasteiger partial charge in [0.15, 0.2) is 0 Å². The lowest BCUT2D eigenvalue weighted by Crippen LogP contribution is -2.40. The third kappa shape index (κ3) is 4.04. The molecule has 0 aliphatic carbocycles. The van der Waals surface area contributed by atoms with E-state index in [1.807, 2.05) is 32.9 Å². The lowest BCUT2D eigenvalue weighted by molar-refractivity contribution is 0.0924. The molecule has 1 aromatic heterocycles. The molecular formula is C12H19NOS. The first-order valence-corrected chi connectivity index (χ1v) is 6.15. The SMILES string of the molecule is CCCc1ccc(C(=O)NC(C)(C)C)s1. The molecule has 0 saturated heterocycles. The maximum Gasteiger partial charge on any atom is 0.261 e. The number of carbonyl (C=O) groups is 1. The molecule has 3 heteroatoms. The Morgan fingerprint density at radius 3 is 2.60 bits per heavy atom. The molecule has 1 N–H and O–H groups in total. The van der Waals surface area contributed by atoms with Gasteiger partial charge in [-0.3, -0.25) is 4.79 Å². The minimum atomic E-state index is -0.161. The molecule has 84 valence electrons. The Hall–Kier alpha value is -0.830. The molecule has 15 heavy (non-hydrogen) atoms. The average Bonchev–Trinajstić information content (AvgIpc) is 2.50. The molecule has 1 amide bonds. The molecule has 1 rings (SSSR count). The van der Waals surface area contributed by atoms with Crippen molar-refractivity contribution >= 4 is 17.2 Å². The van der Waals surface area contributed by atoms with Crippen molar-refractivity contribution in [1.29, 1.82) is 0 Å². The van der Waals surface area contributed by atoms with Crippen molar-refractivity contribution in [3.8, 4) is 0 Å². The molecule has 0 fully saturated rings. The van der Waals surface area contributed by atoms with Crippen LogP contribution in [0.3, 0.4) is 0 Å². The van der Waals surface area contributed by atoms with Gasteiger partial charge in [-0.25, -0.2) is 0 Å². The maximum atomic E-state index is 11.8. The van der Waals surface area contributed by atoms with E-state index in [1.54, 1.807) is 11.3 Å². The van der Waals surface area contributed by atoms with E-state index in [4.69, 9.17) is 0 Å². The van der Waals surface area contributed by atoms with Crippen LogP contribution in [0.15, 0.2) is 12.1 Å². The lowest BCUT2D eigenvalue weighted by atomic mass is 10.1. The third-order valence-corrected chi connectivity index (χ3v) is 3.01. The van der Waals surface area contributed by atoms with E-state index in [0.29, 0.717) is 0 Å². The van der Waals surface area contributed by atoms with Crippen LogP contribution in [-0.4, -0.2) is 11.4 Å². The number of thiophene rings is 1. The number of carbonyl (C=O) groups excluding carboxylic acids is 1. The van der Waals surface area contributed by atoms with E-state index in [1.165, 1.54) is 4.88 Å². The standard InChI is InChI=1S/C12H19NOS/c1-5-6-9-7-8-10(15-9)11(14)13-12(2,3)4/h7-8H,5-6H2,1-4H3,(H,13,14). The van der Waals surface area contributed by atoms with Gasteiger partial charge in [-0.05, 0) is 39.3 Å². The molecule has 1 heterocycles. The van der Waals surface area contributed by atoms with Crippen molar-refractivity contribution in [1.82, 2.24) is 5.32 Å². The summed E-state index contributed by atoms with van der Waals surface area (Å²) in [6.45, 7) is 8.12. The fourth-order valence-electron chi connectivity index (χ4n) is 1.28. The van der Waals surface area contributed by atoms with Crippen LogP contribution in [0.5, 0.6) is 0 Å². The van der Waals surface area contributed by atoms with Crippen LogP contribution in [0.25, 0.3) is 0 Å². The van der Waals surface area contributed by atoms with Gasteiger partial charge in [-0.2, -0.15) is 0 Å². The molecule has 0 radical (unpaired) electrons. The molecule has 0 aromatic carbocycles. The van der Waals surface area contributed by atoms with Gasteiger partial charge >= 0.3 is 0 Å². The summed E-state index contributed by atoms with van der Waals surface area (Å²) >= 11 is 1.59. The summed E-state index contributed by atoms with van der Waals surface area (Å²) in [6, 6.07) is 3.96. The second-order valence-electron chi connectivity index (χ2n) is 4.72. The summed E-state index contributed by atoms with van der Waals surface area (Å²) in [5, 5.41) is 2.96. The largest absolute Gasteiger partial charge is 0.347 e. The summed E-state index contributed by atoms with van der Waals surface area (Å²) in [5.41, 5.74) is -0.161. The Bertz CT molecular complexity index is 336. The topological polar surface area (TPSA) is 29.1 Å². The number of nitrogens with one attached hydrogen (secondary N) is 1. The van der Waals surface area contributed by atoms with Gasteiger partial charge in [0.05, 0.1) is 4.88 Å². The van der Waals surface area contributed by atoms with E-state index in [9.17, 15) is 4.79 Å². The van der Waals surface area contributed by atoms with Crippen molar-refractivity contribution in [2.45, 2.75) is 46.1 Å². The fourth-order valence-corrected chi connectivity index (χ4v) is 2.29. The Balaban J connectivity index is 2.66. The van der Waals surface area contributed by atoms with Crippen LogP contribution < -0.4 is 5.32 Å². The van der Waals surface area contributed by atoms with Gasteiger partial charge in [-0.1, -0.05) is 13.3 Å². The minimum absolute atomic E-state index is 0.0369. The lowest BCUT2D eigenvalue weighted by Gasteiger charge is -2.19. The zero-order valence-electron chi connectivity index (χ0n) is 9.89. The van der Waals surface area contributed by atoms with Crippen molar-refractivity contribution in [3.63, 3.8) is 0 Å². The van der Waals surface area contributed by atoms with Crippen molar-refractivity contribution in [2.75, 3.05) is 0 Å². The first kappa shape index (κ1) is 12.2. The maximum absolute atomic E-state index is 11.8. The smallest absolute Gasteiger partial charge is 0.261 e. The second-order valence-corrected chi connectivity index (χ2v) is 5.89. The summed E-state index contributed by atoms with van der Waals surface area (Å²) < 4.78 is 0. The van der Waals surface area contributed by atoms with Gasteiger partial charge < -0.3 is 5.32 Å². The van der Waals surface area contributed by atoms with Crippen molar-refractivity contribution in [2.24, 2.45) is 0 Å². The van der Waals surface area contributed by atoms with Crippen molar-refractivity contribution < 1.29 is 4.79 Å². The summed E-state index contributed by atoms with van der Waals surface area (Å²) in [7, 11) is 0. The van der Waals surface area contributed by atoms with Gasteiger partial charge in [0.25, 0.3) is 5.91 Å². The van der Waals surface area contributed by atoms with Crippen LogP contribution in [0.4, 0.5) is 0 Å². The fraction of sp³-hybridized carbons (Fsp3) is 0.583. The molecule has 0 atom stereocenters. The number of amides is 1. The van der Waals surface area contributed by atoms with Crippen LogP contribution in [-0.2, 0) is 6.42 Å². The van der Waals surface area contributed by atoms with Crippen LogP contribution >= 0.6 is 11.3 Å². The van der Waals surface area contributed by atoms with E-state index in [0.717, 1.165) is 17.7 Å². The Kier molecular flexibility index (Phi) is 3.91. The molecule has 0 aliphatic heterocycles. The zero-order chi connectivity index (χ0) is 11.5. The summed E-state index contributed by atoms with van der Waals surface area (Å²) in [6.07, 6.45) is 2.19. The van der Waals surface area contributed by atoms with E-state index in [-0.39, 0.29) is 11.4 Å². The molecule has 1 aromatic rings. The minimum Gasteiger partial charge on any atom is -0.347 e. The summed E-state index contributed by atoms with van der Waals surface area (Å²) in [4.78, 5) is 13.9. The highest BCUT2D eigenvalue weighted by molar-refractivity contribution is 7.14. The Morgan fingerprint density at radius 1 is 1.40 bits per heavy atom. The van der Waals surface area contributed by atoms with Gasteiger partial charge in [-0.15, -0.1) is 11.3 Å². The van der Waals surface area contributed by atoms with Gasteiger partial charge in [0.2, 0.25) is 0 Å². The predicted octanol–water partition coefficient (Wildman–Crippen LogP) is 3.23. The third-order valence-electron chi connectivity index (χ3n) is 1.87. The first-order valence-electron chi connectivity index (χ1n) is 5.33. The first-order chi connectivity index (χ1) is 6.92. The number of hydrogen-bond donors (Lipinski definition) is 1. The molecule has 0 saturated carbocycles. The highest BCUT2D eigenvalue weighted by Gasteiger charge is 2.16. The van der Waals surface area contributed by atoms with E-state index >= 15 is 0 Å². The van der Waals surface area contributed by atoms with Crippen molar-refractivity contribution in [3.05, 3.63) is 21.9 Å². The second kappa shape index (κ2) is 4.79. The number of hydrogen-bond acceptors (Lipinski definition) is 2. The monoisotopic (exact) mass is 225 g/mol. The normalized spacial score (nSPS) is 11.5. The molecule has 0 unspecified atom stereocenters. The summed E-state index contributed by atoms with van der Waals surface area (Å²) in [5.74, 6) is 0.0369. The highest BCUT2D eigenvalue weighted by Crippen LogP contribution is 2.18. The van der Waals surface area contributed by atoms with Crippen LogP contribution in [0.1, 0.15) is 48.7 Å². The molecular weight excluding hydrogens is 206 g/mol. The molecule has 2 nitrogen and oxygen atoms in total. The van der Waals surface area contributed by atoms with Crippen LogP contribution in [0.2, 0.25) is 0 Å². The Labute approximate surface area is 95.7 Å². The number of aryl methyl sites for hydroxylation is 1. The van der Waals surface area contributed by atoms with E-state index in [2.05, 4.69) is 12.2 Å². The average molecular weight is 225 g/mol. The van der Waals surface area contributed by atoms with Crippen LogP contribution in [0, 0.1) is 0 Å². The predicted molar refractivity (Wildman–Crippen MR) is 65.5 cm³/mol. The highest BCUT2D eigenvalue weighted by atomic mass is 32.1. The van der Waals surface area contributed by atoms with Gasteiger partial charge in [0, 0.05) is 10.4 Å². The quantitative estimate of drug-likeness (QED) is 0.840. The molecule has 0 spiro atoms. The van der Waals surface area contributed by atoms with E-state index < -0.39 is 0 Å².